The molecule has 1 aliphatic rings. The van der Waals surface area contributed by atoms with Gasteiger partial charge in [-0.1, -0.05) is 140 Å². The molecule has 6 aromatic carbocycles. The number of hydrogen-bond donors (Lipinski definition) is 0. The Labute approximate surface area is 287 Å². The van der Waals surface area contributed by atoms with E-state index >= 15 is 0 Å². The highest BCUT2D eigenvalue weighted by Crippen LogP contribution is 2.43. The molecule has 0 saturated carbocycles. The molecule has 2 heterocycles. The van der Waals surface area contributed by atoms with Gasteiger partial charge in [-0.05, 0) is 58.0 Å². The topological polar surface area (TPSA) is 29.5 Å². The van der Waals surface area contributed by atoms with Crippen molar-refractivity contribution in [2.45, 2.75) is 26.4 Å². The minimum atomic E-state index is 0.690. The number of allylic oxidation sites excluding steroid dienone is 2. The number of hydrogen-bond acceptors (Lipinski definition) is 3. The molecule has 0 N–H and O–H groups in total. The Balaban J connectivity index is 1.21. The molecule has 0 radical (unpaired) electrons. The summed E-state index contributed by atoms with van der Waals surface area (Å²) < 4.78 is 15.5. The Bertz CT molecular complexity index is 2270. The highest BCUT2D eigenvalue weighted by molar-refractivity contribution is 5.79. The van der Waals surface area contributed by atoms with Crippen LogP contribution in [0.3, 0.4) is 0 Å². The maximum Gasteiger partial charge on any atom is 0.374 e. The normalized spacial score (nSPS) is 13.5. The Hall–Kier alpha value is -6.13. The predicted octanol–water partition coefficient (Wildman–Crippen LogP) is 10.8. The largest absolute Gasteiger partial charge is 0.439 e. The Kier molecular flexibility index (Phi) is 8.35. The van der Waals surface area contributed by atoms with Gasteiger partial charge in [0.1, 0.15) is 0 Å². The predicted molar refractivity (Wildman–Crippen MR) is 199 cm³/mol. The molecule has 0 saturated heterocycles. The molecule has 4 heteroatoms. The molecule has 0 bridgehead atoms. The van der Waals surface area contributed by atoms with E-state index in [1.165, 1.54) is 22.3 Å². The molecule has 0 spiro atoms. The molecule has 0 amide bonds. The fourth-order valence-electron chi connectivity index (χ4n) is 6.46. The molecule has 1 aromatic heterocycles. The van der Waals surface area contributed by atoms with Gasteiger partial charge in [0.2, 0.25) is 11.5 Å². The van der Waals surface area contributed by atoms with Crippen LogP contribution in [0.15, 0.2) is 180 Å². The van der Waals surface area contributed by atoms with E-state index in [1.54, 1.807) is 0 Å². The van der Waals surface area contributed by atoms with Crippen LogP contribution < -0.4 is 14.2 Å². The molecular weight excluding hydrogens is 601 g/mol. The van der Waals surface area contributed by atoms with Crippen LogP contribution in [0.4, 0.5) is 5.69 Å². The minimum Gasteiger partial charge on any atom is -0.439 e. The van der Waals surface area contributed by atoms with E-state index < -0.39 is 0 Å². The van der Waals surface area contributed by atoms with Gasteiger partial charge < -0.3 is 14.1 Å². The van der Waals surface area contributed by atoms with Crippen molar-refractivity contribution in [1.82, 2.24) is 0 Å². The van der Waals surface area contributed by atoms with Crippen LogP contribution in [0.1, 0.15) is 30.4 Å². The summed E-state index contributed by atoms with van der Waals surface area (Å²) in [6, 6.07) is 55.1. The lowest BCUT2D eigenvalue weighted by Gasteiger charge is -2.19. The van der Waals surface area contributed by atoms with E-state index in [0.29, 0.717) is 13.1 Å². The number of ether oxygens (including phenoxy) is 1. The van der Waals surface area contributed by atoms with Gasteiger partial charge in [-0.3, -0.25) is 0 Å². The van der Waals surface area contributed by atoms with E-state index in [4.69, 9.17) is 9.15 Å². The molecule has 238 valence electrons. The quantitative estimate of drug-likeness (QED) is 0.148. The van der Waals surface area contributed by atoms with Crippen molar-refractivity contribution in [1.29, 1.82) is 0 Å². The first-order valence-corrected chi connectivity index (χ1v) is 16.9. The molecule has 0 unspecified atom stereocenters. The highest BCUT2D eigenvalue weighted by atomic mass is 16.5. The molecule has 8 rings (SSSR count). The lowest BCUT2D eigenvalue weighted by Crippen LogP contribution is -2.36. The number of aromatic nitrogens is 1. The lowest BCUT2D eigenvalue weighted by atomic mass is 10.0. The van der Waals surface area contributed by atoms with Gasteiger partial charge in [0, 0.05) is 17.7 Å². The summed E-state index contributed by atoms with van der Waals surface area (Å²) in [5, 5.41) is 0. The number of oxazole rings is 1. The number of rotatable bonds is 9. The number of nitrogens with zero attached hydrogens (tertiary/aromatic N) is 2. The summed E-state index contributed by atoms with van der Waals surface area (Å²) >= 11 is 0. The van der Waals surface area contributed by atoms with Crippen LogP contribution in [0.2, 0.25) is 0 Å². The third-order valence-electron chi connectivity index (χ3n) is 9.07. The van der Waals surface area contributed by atoms with Crippen molar-refractivity contribution in [3.63, 3.8) is 0 Å². The second-order valence-corrected chi connectivity index (χ2v) is 12.3. The van der Waals surface area contributed by atoms with Crippen molar-refractivity contribution in [3.8, 4) is 28.0 Å². The summed E-state index contributed by atoms with van der Waals surface area (Å²) in [6.45, 7) is 3.56. The monoisotopic (exact) mass is 637 g/mol. The van der Waals surface area contributed by atoms with Crippen molar-refractivity contribution in [2.24, 2.45) is 0 Å². The fourth-order valence-corrected chi connectivity index (χ4v) is 6.46. The maximum absolute atomic E-state index is 6.61. The maximum atomic E-state index is 6.61. The molecule has 0 atom stereocenters. The first-order valence-electron chi connectivity index (χ1n) is 16.9. The average molecular weight is 638 g/mol. The summed E-state index contributed by atoms with van der Waals surface area (Å²) in [4.78, 5) is 2.28. The first-order chi connectivity index (χ1) is 24.2. The van der Waals surface area contributed by atoms with Crippen LogP contribution >= 0.6 is 0 Å². The zero-order valence-corrected chi connectivity index (χ0v) is 27.5. The van der Waals surface area contributed by atoms with E-state index in [-0.39, 0.29) is 0 Å². The van der Waals surface area contributed by atoms with Crippen molar-refractivity contribution >= 4 is 22.9 Å². The van der Waals surface area contributed by atoms with Gasteiger partial charge in [-0.2, -0.15) is 4.57 Å². The molecule has 4 nitrogen and oxygen atoms in total. The van der Waals surface area contributed by atoms with Gasteiger partial charge in [0.25, 0.3) is 5.52 Å². The van der Waals surface area contributed by atoms with Crippen LogP contribution in [-0.4, -0.2) is 0 Å². The Morgan fingerprint density at radius 2 is 1.22 bits per heavy atom. The first kappa shape index (κ1) is 30.2. The fraction of sp³-hybridized carbons (Fsp3) is 0.0889. The van der Waals surface area contributed by atoms with E-state index in [2.05, 4.69) is 186 Å². The minimum absolute atomic E-state index is 0.690. The second-order valence-electron chi connectivity index (χ2n) is 12.3. The van der Waals surface area contributed by atoms with Crippen LogP contribution in [0, 0.1) is 0 Å². The van der Waals surface area contributed by atoms with Crippen LogP contribution in [0.25, 0.3) is 39.4 Å². The van der Waals surface area contributed by atoms with Crippen molar-refractivity contribution in [3.05, 3.63) is 192 Å². The summed E-state index contributed by atoms with van der Waals surface area (Å²) in [6.07, 6.45) is 5.14. The molecule has 0 aliphatic carbocycles. The summed E-state index contributed by atoms with van der Waals surface area (Å²) in [5.41, 5.74) is 11.2. The molecule has 49 heavy (non-hydrogen) atoms. The van der Waals surface area contributed by atoms with Gasteiger partial charge in [-0.15, -0.1) is 0 Å². The standard InChI is InChI=1S/C45H37N2O2/c1-2-33(27-44-46(31-34-15-7-3-8-16-34)40-29-38(23-25-42(40)48-44)36-19-11-5-12-20-36)28-45-47(32-35-17-9-4-10-18-35)41-30-39(24-26-43(41)49-45)37-21-13-6-14-22-37/h3-30H,2,31-32H2,1H3/q+1. The Morgan fingerprint density at radius 1 is 0.633 bits per heavy atom. The van der Waals surface area contributed by atoms with Crippen molar-refractivity contribution in [2.75, 3.05) is 4.90 Å². The zero-order chi connectivity index (χ0) is 33.0. The van der Waals surface area contributed by atoms with Crippen molar-refractivity contribution < 1.29 is 13.7 Å². The average Bonchev–Trinajstić information content (AvgIpc) is 3.68. The highest BCUT2D eigenvalue weighted by Gasteiger charge is 2.28. The van der Waals surface area contributed by atoms with Gasteiger partial charge in [0.15, 0.2) is 12.3 Å². The number of benzene rings is 6. The zero-order valence-electron chi connectivity index (χ0n) is 27.5. The molecule has 0 fully saturated rings. The third kappa shape index (κ3) is 6.41. The van der Waals surface area contributed by atoms with Crippen LogP contribution in [-0.2, 0) is 13.1 Å². The van der Waals surface area contributed by atoms with Gasteiger partial charge >= 0.3 is 5.89 Å². The van der Waals surface area contributed by atoms with E-state index in [0.717, 1.165) is 57.4 Å². The third-order valence-corrected chi connectivity index (χ3v) is 9.07. The summed E-state index contributed by atoms with van der Waals surface area (Å²) in [7, 11) is 0. The number of fused-ring (bicyclic) bond motifs is 2. The Morgan fingerprint density at radius 3 is 1.88 bits per heavy atom. The smallest absolute Gasteiger partial charge is 0.374 e. The SMILES string of the molecule is CCC(=Cc1oc2ccc(-c3ccccc3)cc2[n+]1Cc1ccccc1)C=C1Oc2ccc(-c3ccccc3)cc2N1Cc1ccccc1. The summed E-state index contributed by atoms with van der Waals surface area (Å²) in [5.74, 6) is 2.46. The lowest BCUT2D eigenvalue weighted by molar-refractivity contribution is -0.669. The second kappa shape index (κ2) is 13.5. The van der Waals surface area contributed by atoms with E-state index in [1.807, 2.05) is 0 Å². The molecule has 1 aliphatic heterocycles. The van der Waals surface area contributed by atoms with Gasteiger partial charge in [0.05, 0.1) is 18.3 Å². The van der Waals surface area contributed by atoms with Crippen LogP contribution in [0.5, 0.6) is 5.75 Å². The number of anilines is 1. The molecular formula is C45H37N2O2+. The molecule has 7 aromatic rings. The van der Waals surface area contributed by atoms with E-state index in [9.17, 15) is 0 Å². The van der Waals surface area contributed by atoms with Gasteiger partial charge in [-0.25, -0.2) is 0 Å².